The highest BCUT2D eigenvalue weighted by molar-refractivity contribution is 7.92. The first kappa shape index (κ1) is 34.9. The number of rotatable bonds is 14. The highest BCUT2D eigenvalue weighted by Crippen LogP contribution is 2.29. The maximum atomic E-state index is 14.6. The Bertz CT molecular complexity index is 1940. The molecule has 0 aliphatic heterocycles. The normalized spacial score (nSPS) is 11.8. The minimum Gasteiger partial charge on any atom is -0.457 e. The molecule has 0 saturated heterocycles. The SMILES string of the molecule is Cc1cccc(CN(C(=O)CN(c2ccc(Oc3ccccc3)cc2)S(=O)(=O)c2ccccc2)[C@@H](Cc2ccccc2)C(=O)NC(C)C)c1. The van der Waals surface area contributed by atoms with Crippen LogP contribution in [0.25, 0.3) is 0 Å². The molecule has 0 aromatic heterocycles. The van der Waals surface area contributed by atoms with E-state index in [9.17, 15) is 18.0 Å². The number of carbonyl (C=O) groups excluding carboxylic acids is 2. The lowest BCUT2D eigenvalue weighted by Gasteiger charge is -2.34. The Labute approximate surface area is 289 Å². The average molecular weight is 676 g/mol. The Balaban J connectivity index is 1.55. The van der Waals surface area contributed by atoms with E-state index < -0.39 is 28.5 Å². The summed E-state index contributed by atoms with van der Waals surface area (Å²) in [6.07, 6.45) is 0.244. The summed E-state index contributed by atoms with van der Waals surface area (Å²) in [7, 11) is -4.21. The van der Waals surface area contributed by atoms with Crippen molar-refractivity contribution in [3.8, 4) is 11.5 Å². The van der Waals surface area contributed by atoms with Crippen LogP contribution >= 0.6 is 0 Å². The second-order valence-corrected chi connectivity index (χ2v) is 14.0. The third-order valence-electron chi connectivity index (χ3n) is 7.85. The lowest BCUT2D eigenvalue weighted by molar-refractivity contribution is -0.140. The summed E-state index contributed by atoms with van der Waals surface area (Å²) >= 11 is 0. The summed E-state index contributed by atoms with van der Waals surface area (Å²) < 4.78 is 35.5. The monoisotopic (exact) mass is 675 g/mol. The number of hydrogen-bond donors (Lipinski definition) is 1. The molecule has 252 valence electrons. The average Bonchev–Trinajstić information content (AvgIpc) is 3.10. The van der Waals surface area contributed by atoms with Crippen LogP contribution in [0.3, 0.4) is 0 Å². The second-order valence-electron chi connectivity index (χ2n) is 12.1. The molecule has 0 fully saturated rings. The van der Waals surface area contributed by atoms with Gasteiger partial charge in [-0.15, -0.1) is 0 Å². The van der Waals surface area contributed by atoms with E-state index in [0.29, 0.717) is 11.5 Å². The number of aryl methyl sites for hydroxylation is 1. The molecule has 2 amide bonds. The van der Waals surface area contributed by atoms with Crippen molar-refractivity contribution in [2.45, 2.75) is 50.7 Å². The van der Waals surface area contributed by atoms with Gasteiger partial charge in [-0.25, -0.2) is 8.42 Å². The minimum atomic E-state index is -4.21. The first-order valence-corrected chi connectivity index (χ1v) is 17.6. The second kappa shape index (κ2) is 16.1. The zero-order valence-electron chi connectivity index (χ0n) is 27.9. The van der Waals surface area contributed by atoms with Crippen molar-refractivity contribution in [2.75, 3.05) is 10.8 Å². The van der Waals surface area contributed by atoms with Crippen LogP contribution < -0.4 is 14.4 Å². The number of anilines is 1. The number of carbonyl (C=O) groups is 2. The Morgan fingerprint density at radius 3 is 1.90 bits per heavy atom. The lowest BCUT2D eigenvalue weighted by atomic mass is 10.0. The van der Waals surface area contributed by atoms with Crippen LogP contribution in [0.4, 0.5) is 5.69 Å². The van der Waals surface area contributed by atoms with Gasteiger partial charge in [-0.1, -0.05) is 96.6 Å². The molecule has 1 atom stereocenters. The van der Waals surface area contributed by atoms with Crippen molar-refractivity contribution in [1.82, 2.24) is 10.2 Å². The predicted octanol–water partition coefficient (Wildman–Crippen LogP) is 7.15. The summed E-state index contributed by atoms with van der Waals surface area (Å²) in [6, 6.07) is 39.9. The summed E-state index contributed by atoms with van der Waals surface area (Å²) in [4.78, 5) is 30.0. The van der Waals surface area contributed by atoms with Gasteiger partial charge in [-0.2, -0.15) is 0 Å². The van der Waals surface area contributed by atoms with Gasteiger partial charge in [-0.05, 0) is 80.4 Å². The van der Waals surface area contributed by atoms with E-state index in [-0.39, 0.29) is 35.5 Å². The standard InChI is InChI=1S/C40H41N3O5S/c1-30(2)41-40(45)38(27-32-15-7-4-8-16-32)42(28-33-17-13-14-31(3)26-33)39(44)29-43(49(46,47)37-20-11-6-12-21-37)34-22-24-36(25-23-34)48-35-18-9-5-10-19-35/h4-26,30,38H,27-29H2,1-3H3,(H,41,45)/t38-/m0/s1. The summed E-state index contributed by atoms with van der Waals surface area (Å²) in [5, 5.41) is 2.98. The molecular formula is C40H41N3O5S. The third-order valence-corrected chi connectivity index (χ3v) is 9.64. The first-order valence-electron chi connectivity index (χ1n) is 16.2. The fourth-order valence-electron chi connectivity index (χ4n) is 5.50. The van der Waals surface area contributed by atoms with Crippen LogP contribution in [0, 0.1) is 6.92 Å². The fraction of sp³-hybridized carbons (Fsp3) is 0.200. The van der Waals surface area contributed by atoms with Crippen LogP contribution in [0.1, 0.15) is 30.5 Å². The number of para-hydroxylation sites is 1. The van der Waals surface area contributed by atoms with Gasteiger partial charge in [0.1, 0.15) is 24.1 Å². The van der Waals surface area contributed by atoms with E-state index in [1.54, 1.807) is 42.5 Å². The van der Waals surface area contributed by atoms with E-state index in [1.165, 1.54) is 17.0 Å². The Morgan fingerprint density at radius 2 is 1.29 bits per heavy atom. The first-order chi connectivity index (χ1) is 23.6. The molecule has 0 radical (unpaired) electrons. The van der Waals surface area contributed by atoms with Crippen molar-refractivity contribution in [1.29, 1.82) is 0 Å². The Hall–Kier alpha value is -5.41. The Kier molecular flexibility index (Phi) is 11.5. The molecule has 9 heteroatoms. The van der Waals surface area contributed by atoms with Crippen molar-refractivity contribution < 1.29 is 22.7 Å². The molecule has 0 aliphatic rings. The van der Waals surface area contributed by atoms with Gasteiger partial charge in [-0.3, -0.25) is 13.9 Å². The topological polar surface area (TPSA) is 96.0 Å². The summed E-state index contributed by atoms with van der Waals surface area (Å²) in [5.74, 6) is 0.299. The van der Waals surface area contributed by atoms with Gasteiger partial charge in [0.25, 0.3) is 10.0 Å². The molecule has 49 heavy (non-hydrogen) atoms. The molecule has 0 unspecified atom stereocenters. The maximum absolute atomic E-state index is 14.6. The van der Waals surface area contributed by atoms with Crippen LogP contribution in [0.5, 0.6) is 11.5 Å². The molecule has 0 heterocycles. The van der Waals surface area contributed by atoms with Crippen molar-refractivity contribution in [2.24, 2.45) is 0 Å². The van der Waals surface area contributed by atoms with Crippen molar-refractivity contribution >= 4 is 27.5 Å². The van der Waals surface area contributed by atoms with Crippen LogP contribution in [-0.2, 0) is 32.6 Å². The highest BCUT2D eigenvalue weighted by atomic mass is 32.2. The van der Waals surface area contributed by atoms with Gasteiger partial charge in [0, 0.05) is 19.0 Å². The molecule has 5 rings (SSSR count). The molecule has 8 nitrogen and oxygen atoms in total. The summed E-state index contributed by atoms with van der Waals surface area (Å²) in [5.41, 5.74) is 2.97. The van der Waals surface area contributed by atoms with Crippen LogP contribution in [0.15, 0.2) is 144 Å². The maximum Gasteiger partial charge on any atom is 0.264 e. The van der Waals surface area contributed by atoms with Crippen molar-refractivity contribution in [3.05, 3.63) is 156 Å². The predicted molar refractivity (Wildman–Crippen MR) is 193 cm³/mol. The highest BCUT2D eigenvalue weighted by Gasteiger charge is 2.34. The number of nitrogens with zero attached hydrogens (tertiary/aromatic N) is 2. The smallest absolute Gasteiger partial charge is 0.264 e. The summed E-state index contributed by atoms with van der Waals surface area (Å²) in [6.45, 7) is 5.25. The number of nitrogens with one attached hydrogen (secondary N) is 1. The van der Waals surface area contributed by atoms with Crippen molar-refractivity contribution in [3.63, 3.8) is 0 Å². The third kappa shape index (κ3) is 9.36. The van der Waals surface area contributed by atoms with Crippen LogP contribution in [0.2, 0.25) is 0 Å². The fourth-order valence-corrected chi connectivity index (χ4v) is 6.93. The molecule has 0 bridgehead atoms. The van der Waals surface area contributed by atoms with Gasteiger partial charge >= 0.3 is 0 Å². The molecule has 0 saturated carbocycles. The van der Waals surface area contributed by atoms with Gasteiger partial charge < -0.3 is 15.0 Å². The number of ether oxygens (including phenoxy) is 1. The molecular weight excluding hydrogens is 635 g/mol. The number of hydrogen-bond acceptors (Lipinski definition) is 5. The van der Waals surface area contributed by atoms with Gasteiger partial charge in [0.15, 0.2) is 0 Å². The molecule has 5 aromatic carbocycles. The number of amides is 2. The van der Waals surface area contributed by atoms with Gasteiger partial charge in [0.2, 0.25) is 11.8 Å². The zero-order chi connectivity index (χ0) is 34.8. The number of benzene rings is 5. The zero-order valence-corrected chi connectivity index (χ0v) is 28.7. The minimum absolute atomic E-state index is 0.0380. The number of sulfonamides is 1. The van der Waals surface area contributed by atoms with E-state index in [0.717, 1.165) is 21.0 Å². The van der Waals surface area contributed by atoms with E-state index in [4.69, 9.17) is 4.74 Å². The molecule has 5 aromatic rings. The largest absolute Gasteiger partial charge is 0.457 e. The quantitative estimate of drug-likeness (QED) is 0.135. The lowest BCUT2D eigenvalue weighted by Crippen LogP contribution is -2.54. The van der Waals surface area contributed by atoms with Gasteiger partial charge in [0.05, 0.1) is 10.6 Å². The van der Waals surface area contributed by atoms with E-state index >= 15 is 0 Å². The molecule has 1 N–H and O–H groups in total. The molecule has 0 aliphatic carbocycles. The van der Waals surface area contributed by atoms with Crippen LogP contribution in [-0.4, -0.2) is 43.8 Å². The Morgan fingerprint density at radius 1 is 0.714 bits per heavy atom. The molecule has 0 spiro atoms. The van der Waals surface area contributed by atoms with E-state index in [1.807, 2.05) is 106 Å². The van der Waals surface area contributed by atoms with E-state index in [2.05, 4.69) is 5.32 Å².